The van der Waals surface area contributed by atoms with Crippen LogP contribution in [0.15, 0.2) is 0 Å². The molecule has 0 spiro atoms. The summed E-state index contributed by atoms with van der Waals surface area (Å²) in [6, 6.07) is 0. The second kappa shape index (κ2) is 5.52. The second-order valence-electron chi connectivity index (χ2n) is 4.94. The number of nitrogens with zero attached hydrogens (tertiary/aromatic N) is 3. The van der Waals surface area contributed by atoms with Crippen molar-refractivity contribution in [2.24, 2.45) is 5.92 Å². The van der Waals surface area contributed by atoms with Crippen molar-refractivity contribution in [3.05, 3.63) is 5.01 Å². The number of hydrogen-bond donors (Lipinski definition) is 0. The molecule has 2 atom stereocenters. The van der Waals surface area contributed by atoms with E-state index in [0.29, 0.717) is 30.9 Å². The van der Waals surface area contributed by atoms with Crippen LogP contribution in [-0.2, 0) is 14.3 Å². The highest BCUT2D eigenvalue weighted by molar-refractivity contribution is 7.15. The maximum atomic E-state index is 12.2. The fourth-order valence-electron chi connectivity index (χ4n) is 2.35. The molecule has 2 saturated heterocycles. The van der Waals surface area contributed by atoms with Crippen molar-refractivity contribution < 1.29 is 14.3 Å². The summed E-state index contributed by atoms with van der Waals surface area (Å²) in [4.78, 5) is 13.8. The van der Waals surface area contributed by atoms with Gasteiger partial charge in [0, 0.05) is 26.2 Å². The Morgan fingerprint density at radius 2 is 2.05 bits per heavy atom. The van der Waals surface area contributed by atoms with Gasteiger partial charge < -0.3 is 9.47 Å². The molecule has 1 aromatic rings. The van der Waals surface area contributed by atoms with Crippen LogP contribution in [0.4, 0.5) is 5.13 Å². The highest BCUT2D eigenvalue weighted by atomic mass is 32.1. The Balaban J connectivity index is 1.69. The topological polar surface area (TPSA) is 64.6 Å². The van der Waals surface area contributed by atoms with E-state index in [1.165, 1.54) is 11.3 Å². The van der Waals surface area contributed by atoms with E-state index < -0.39 is 0 Å². The minimum absolute atomic E-state index is 0.0350. The van der Waals surface area contributed by atoms with Gasteiger partial charge in [0.15, 0.2) is 0 Å². The number of carbonyl (C=O) groups excluding carboxylic acids is 1. The van der Waals surface area contributed by atoms with Crippen LogP contribution in [0.3, 0.4) is 0 Å². The van der Waals surface area contributed by atoms with Gasteiger partial charge >= 0.3 is 0 Å². The Morgan fingerprint density at radius 1 is 1.26 bits per heavy atom. The third-order valence-corrected chi connectivity index (χ3v) is 4.77. The zero-order valence-corrected chi connectivity index (χ0v) is 11.7. The summed E-state index contributed by atoms with van der Waals surface area (Å²) in [7, 11) is 1.76. The fraction of sp³-hybridized carbons (Fsp3) is 0.750. The minimum Gasteiger partial charge on any atom is -0.381 e. The lowest BCUT2D eigenvalue weighted by molar-refractivity contribution is -0.122. The molecule has 2 aliphatic heterocycles. The first-order valence-corrected chi connectivity index (χ1v) is 7.34. The molecule has 0 N–H and O–H groups in total. The van der Waals surface area contributed by atoms with Gasteiger partial charge in [-0.25, -0.2) is 0 Å². The number of ether oxygens (including phenoxy) is 2. The standard InChI is InChI=1S/C12H17N3O3S/c1-15(11(16)9-3-5-18-7-9)12-14-13-10(19-12)8-2-4-17-6-8/h8-9H,2-7H2,1H3/t8-,9-/m0/s1. The van der Waals surface area contributed by atoms with Crippen LogP contribution in [0.1, 0.15) is 23.8 Å². The van der Waals surface area contributed by atoms with Crippen LogP contribution in [0.25, 0.3) is 0 Å². The van der Waals surface area contributed by atoms with E-state index in [1.807, 2.05) is 0 Å². The predicted molar refractivity (Wildman–Crippen MR) is 70.4 cm³/mol. The summed E-state index contributed by atoms with van der Waals surface area (Å²) < 4.78 is 10.6. The van der Waals surface area contributed by atoms with Crippen molar-refractivity contribution in [3.8, 4) is 0 Å². The first kappa shape index (κ1) is 13.0. The molecule has 0 bridgehead atoms. The average Bonchev–Trinajstić information content (AvgIpc) is 3.16. The normalized spacial score (nSPS) is 26.8. The summed E-state index contributed by atoms with van der Waals surface area (Å²) >= 11 is 1.49. The number of rotatable bonds is 3. The monoisotopic (exact) mass is 283 g/mol. The van der Waals surface area contributed by atoms with Crippen molar-refractivity contribution in [1.82, 2.24) is 10.2 Å². The highest BCUT2D eigenvalue weighted by Crippen LogP contribution is 2.31. The molecule has 1 amide bonds. The summed E-state index contributed by atoms with van der Waals surface area (Å²) in [6.07, 6.45) is 1.79. The SMILES string of the molecule is CN(C(=O)[C@H]1CCOC1)c1nnc([C@H]2CCOC2)s1. The molecule has 0 unspecified atom stereocenters. The molecule has 2 aliphatic rings. The van der Waals surface area contributed by atoms with Crippen LogP contribution in [0.5, 0.6) is 0 Å². The Bertz CT molecular complexity index is 453. The van der Waals surface area contributed by atoms with Crippen molar-refractivity contribution >= 4 is 22.4 Å². The van der Waals surface area contributed by atoms with Gasteiger partial charge in [-0.1, -0.05) is 11.3 Å². The Kier molecular flexibility index (Phi) is 3.76. The third-order valence-electron chi connectivity index (χ3n) is 3.61. The van der Waals surface area contributed by atoms with Gasteiger partial charge in [-0.2, -0.15) is 0 Å². The highest BCUT2D eigenvalue weighted by Gasteiger charge is 2.29. The fourth-order valence-corrected chi connectivity index (χ4v) is 3.28. The van der Waals surface area contributed by atoms with E-state index >= 15 is 0 Å². The largest absolute Gasteiger partial charge is 0.381 e. The van der Waals surface area contributed by atoms with Crippen LogP contribution in [-0.4, -0.2) is 49.6 Å². The van der Waals surface area contributed by atoms with Crippen LogP contribution in [0, 0.1) is 5.92 Å². The first-order chi connectivity index (χ1) is 9.25. The minimum atomic E-state index is -0.0350. The van der Waals surface area contributed by atoms with Gasteiger partial charge in [0.05, 0.1) is 19.1 Å². The molecule has 3 heterocycles. The van der Waals surface area contributed by atoms with Gasteiger partial charge in [-0.3, -0.25) is 9.69 Å². The lowest BCUT2D eigenvalue weighted by Crippen LogP contribution is -2.33. The van der Waals surface area contributed by atoms with Crippen molar-refractivity contribution in [2.45, 2.75) is 18.8 Å². The number of aromatic nitrogens is 2. The van der Waals surface area contributed by atoms with E-state index in [1.54, 1.807) is 11.9 Å². The van der Waals surface area contributed by atoms with E-state index in [9.17, 15) is 4.79 Å². The molecular weight excluding hydrogens is 266 g/mol. The lowest BCUT2D eigenvalue weighted by Gasteiger charge is -2.16. The predicted octanol–water partition coefficient (Wildman–Crippen LogP) is 1.04. The summed E-state index contributed by atoms with van der Waals surface area (Å²) in [5, 5.41) is 9.96. The Morgan fingerprint density at radius 3 is 2.74 bits per heavy atom. The zero-order chi connectivity index (χ0) is 13.2. The molecule has 0 aliphatic carbocycles. The lowest BCUT2D eigenvalue weighted by atomic mass is 10.1. The van der Waals surface area contributed by atoms with E-state index in [0.717, 1.165) is 24.5 Å². The van der Waals surface area contributed by atoms with E-state index in [2.05, 4.69) is 10.2 Å². The Hall–Kier alpha value is -1.05. The van der Waals surface area contributed by atoms with Crippen molar-refractivity contribution in [3.63, 3.8) is 0 Å². The quantitative estimate of drug-likeness (QED) is 0.829. The van der Waals surface area contributed by atoms with E-state index in [-0.39, 0.29) is 11.8 Å². The van der Waals surface area contributed by atoms with Gasteiger partial charge in [0.2, 0.25) is 11.0 Å². The number of anilines is 1. The van der Waals surface area contributed by atoms with Gasteiger partial charge in [0.25, 0.3) is 0 Å². The summed E-state index contributed by atoms with van der Waals surface area (Å²) in [5.74, 6) is 0.375. The van der Waals surface area contributed by atoms with Crippen molar-refractivity contribution in [2.75, 3.05) is 38.4 Å². The molecule has 0 aromatic carbocycles. The molecule has 104 valence electrons. The molecule has 0 saturated carbocycles. The maximum Gasteiger partial charge on any atom is 0.234 e. The van der Waals surface area contributed by atoms with Crippen LogP contribution in [0.2, 0.25) is 0 Å². The molecule has 1 aromatic heterocycles. The van der Waals surface area contributed by atoms with Gasteiger partial charge in [-0.15, -0.1) is 10.2 Å². The first-order valence-electron chi connectivity index (χ1n) is 6.52. The molecule has 3 rings (SSSR count). The molecule has 0 radical (unpaired) electrons. The van der Waals surface area contributed by atoms with Crippen LogP contribution < -0.4 is 4.90 Å². The van der Waals surface area contributed by atoms with E-state index in [4.69, 9.17) is 9.47 Å². The number of hydrogen-bond acceptors (Lipinski definition) is 6. The number of amides is 1. The van der Waals surface area contributed by atoms with Crippen molar-refractivity contribution in [1.29, 1.82) is 0 Å². The Labute approximate surface area is 115 Å². The summed E-state index contributed by atoms with van der Waals surface area (Å²) in [6.45, 7) is 2.69. The molecule has 7 heteroatoms. The average molecular weight is 283 g/mol. The molecule has 2 fully saturated rings. The summed E-state index contributed by atoms with van der Waals surface area (Å²) in [5.41, 5.74) is 0. The third kappa shape index (κ3) is 2.63. The van der Waals surface area contributed by atoms with Gasteiger partial charge in [-0.05, 0) is 12.8 Å². The maximum absolute atomic E-state index is 12.2. The zero-order valence-electron chi connectivity index (χ0n) is 10.9. The molecular formula is C12H17N3O3S. The number of carbonyl (C=O) groups is 1. The second-order valence-corrected chi connectivity index (χ2v) is 5.93. The van der Waals surface area contributed by atoms with Gasteiger partial charge in [0.1, 0.15) is 5.01 Å². The molecule has 19 heavy (non-hydrogen) atoms. The molecule has 6 nitrogen and oxygen atoms in total. The smallest absolute Gasteiger partial charge is 0.234 e. The van der Waals surface area contributed by atoms with Crippen LogP contribution >= 0.6 is 11.3 Å².